The number of aromatic hydroxyl groups is 1. The number of nitrogens with two attached hydrogens (primary N) is 1. The van der Waals surface area contributed by atoms with Crippen molar-refractivity contribution < 1.29 is 19.4 Å². The number of amides is 1. The lowest BCUT2D eigenvalue weighted by Crippen LogP contribution is -2.42. The van der Waals surface area contributed by atoms with Gasteiger partial charge in [-0.15, -0.1) is 12.4 Å². The Kier molecular flexibility index (Phi) is 12.1. The van der Waals surface area contributed by atoms with Crippen LogP contribution < -0.4 is 15.3 Å². The molecular weight excluding hydrogens is 442 g/mol. The highest BCUT2D eigenvalue weighted by atomic mass is 35.5. The second-order valence-corrected chi connectivity index (χ2v) is 8.18. The van der Waals surface area contributed by atoms with Crippen LogP contribution in [0.1, 0.15) is 62.9 Å². The maximum Gasteiger partial charge on any atom is 0.258 e. The number of rotatable bonds is 12. The van der Waals surface area contributed by atoms with Gasteiger partial charge in [0, 0.05) is 18.2 Å². The van der Waals surface area contributed by atoms with Crippen LogP contribution in [0.15, 0.2) is 47.6 Å². The van der Waals surface area contributed by atoms with E-state index in [0.717, 1.165) is 30.6 Å². The predicted octanol–water partition coefficient (Wildman–Crippen LogP) is 4.99. The van der Waals surface area contributed by atoms with E-state index in [-0.39, 0.29) is 36.1 Å². The fraction of sp³-hybridized carbons (Fsp3) is 0.440. The molecule has 0 saturated heterocycles. The third-order valence-electron chi connectivity index (χ3n) is 4.98. The average Bonchev–Trinajstić information content (AvgIpc) is 2.74. The van der Waals surface area contributed by atoms with E-state index in [1.807, 2.05) is 52.0 Å². The minimum atomic E-state index is -0.179. The number of hydrogen-bond acceptors (Lipinski definition) is 6. The zero-order chi connectivity index (χ0) is 23.5. The van der Waals surface area contributed by atoms with Gasteiger partial charge < -0.3 is 25.3 Å². The van der Waals surface area contributed by atoms with Gasteiger partial charge in [-0.2, -0.15) is 5.10 Å². The first-order valence-electron chi connectivity index (χ1n) is 11.1. The summed E-state index contributed by atoms with van der Waals surface area (Å²) in [5, 5.41) is 13.8. The lowest BCUT2D eigenvalue weighted by atomic mass is 10.1. The molecule has 1 amide bonds. The van der Waals surface area contributed by atoms with Crippen LogP contribution in [0.25, 0.3) is 0 Å². The van der Waals surface area contributed by atoms with Crippen molar-refractivity contribution in [2.45, 2.75) is 59.0 Å². The number of phenolic OH excluding ortho intramolecular Hbond substituents is 1. The Labute approximate surface area is 203 Å². The van der Waals surface area contributed by atoms with Gasteiger partial charge in [0.1, 0.15) is 17.2 Å². The lowest BCUT2D eigenvalue weighted by Gasteiger charge is -2.31. The van der Waals surface area contributed by atoms with Gasteiger partial charge in [-0.1, -0.05) is 0 Å². The van der Waals surface area contributed by atoms with Crippen molar-refractivity contribution in [3.63, 3.8) is 0 Å². The minimum Gasteiger partial charge on any atom is -0.507 e. The van der Waals surface area contributed by atoms with Crippen molar-refractivity contribution >= 4 is 24.5 Å². The fourth-order valence-electron chi connectivity index (χ4n) is 3.48. The number of carbonyl (C=O) groups is 1. The molecular formula is C25H36ClN3O4. The monoisotopic (exact) mass is 477 g/mol. The third kappa shape index (κ3) is 8.85. The molecule has 0 unspecified atom stereocenters. The van der Waals surface area contributed by atoms with E-state index < -0.39 is 0 Å². The zero-order valence-electron chi connectivity index (χ0n) is 19.9. The summed E-state index contributed by atoms with van der Waals surface area (Å²) >= 11 is 0. The summed E-state index contributed by atoms with van der Waals surface area (Å²) < 4.78 is 11.5. The topological polar surface area (TPSA) is 97.4 Å². The average molecular weight is 478 g/mol. The van der Waals surface area contributed by atoms with Crippen LogP contribution in [0, 0.1) is 0 Å². The van der Waals surface area contributed by atoms with Gasteiger partial charge in [0.2, 0.25) is 0 Å². The molecule has 33 heavy (non-hydrogen) atoms. The molecule has 7 nitrogen and oxygen atoms in total. The van der Waals surface area contributed by atoms with E-state index in [1.165, 1.54) is 6.07 Å². The Hall–Kier alpha value is -2.93. The standard InChI is InChI=1S/C25H35N3O4.ClH/c1-18(2)28(19(3)4)25(30)23-13-12-22(16-24(23)29)32-15-7-5-6-14-31-21-10-8-20(9-11-21)17-27-26;/h8-13,16-19,29H,5-7,14-15,26H2,1-4H3;1H. The van der Waals surface area contributed by atoms with Crippen molar-refractivity contribution in [2.24, 2.45) is 10.9 Å². The number of phenols is 1. The first kappa shape index (κ1) is 28.1. The number of benzene rings is 2. The van der Waals surface area contributed by atoms with Crippen LogP contribution in [0.4, 0.5) is 0 Å². The summed E-state index contributed by atoms with van der Waals surface area (Å²) in [5.74, 6) is 6.26. The lowest BCUT2D eigenvalue weighted by molar-refractivity contribution is 0.0640. The molecule has 0 saturated carbocycles. The summed E-state index contributed by atoms with van der Waals surface area (Å²) in [6.45, 7) is 9.02. The zero-order valence-corrected chi connectivity index (χ0v) is 20.7. The summed E-state index contributed by atoms with van der Waals surface area (Å²) in [4.78, 5) is 14.5. The molecule has 0 aliphatic rings. The second-order valence-electron chi connectivity index (χ2n) is 8.18. The maximum atomic E-state index is 12.8. The predicted molar refractivity (Wildman–Crippen MR) is 135 cm³/mol. The maximum absolute atomic E-state index is 12.8. The van der Waals surface area contributed by atoms with Gasteiger partial charge in [0.05, 0.1) is 25.0 Å². The smallest absolute Gasteiger partial charge is 0.258 e. The molecule has 2 aromatic carbocycles. The molecule has 3 N–H and O–H groups in total. The molecule has 0 aliphatic carbocycles. The number of ether oxygens (including phenoxy) is 2. The van der Waals surface area contributed by atoms with Crippen LogP contribution >= 0.6 is 12.4 Å². The van der Waals surface area contributed by atoms with Crippen molar-refractivity contribution in [1.29, 1.82) is 0 Å². The molecule has 0 spiro atoms. The first-order chi connectivity index (χ1) is 15.3. The summed E-state index contributed by atoms with van der Waals surface area (Å²) in [6.07, 6.45) is 4.32. The Morgan fingerprint density at radius 3 is 2.03 bits per heavy atom. The van der Waals surface area contributed by atoms with Crippen molar-refractivity contribution in [1.82, 2.24) is 4.90 Å². The highest BCUT2D eigenvalue weighted by Crippen LogP contribution is 2.26. The van der Waals surface area contributed by atoms with Gasteiger partial charge >= 0.3 is 0 Å². The van der Waals surface area contributed by atoms with Crippen molar-refractivity contribution in [2.75, 3.05) is 13.2 Å². The minimum absolute atomic E-state index is 0. The molecule has 0 aliphatic heterocycles. The van der Waals surface area contributed by atoms with E-state index in [9.17, 15) is 9.90 Å². The molecule has 2 aromatic rings. The second kappa shape index (κ2) is 14.3. The van der Waals surface area contributed by atoms with Crippen LogP contribution in [0.3, 0.4) is 0 Å². The SMILES string of the molecule is CC(C)N(C(=O)c1ccc(OCCCCCOc2ccc(C=NN)cc2)cc1O)C(C)C.Cl. The van der Waals surface area contributed by atoms with Crippen molar-refractivity contribution in [3.05, 3.63) is 53.6 Å². The Morgan fingerprint density at radius 1 is 0.970 bits per heavy atom. The molecule has 0 bridgehead atoms. The van der Waals surface area contributed by atoms with E-state index >= 15 is 0 Å². The molecule has 0 fully saturated rings. The Bertz CT molecular complexity index is 878. The van der Waals surface area contributed by atoms with Gasteiger partial charge in [0.25, 0.3) is 5.91 Å². The molecule has 182 valence electrons. The highest BCUT2D eigenvalue weighted by molar-refractivity contribution is 5.97. The van der Waals surface area contributed by atoms with Crippen LogP contribution in [-0.2, 0) is 0 Å². The normalized spacial score (nSPS) is 11.0. The van der Waals surface area contributed by atoms with E-state index in [1.54, 1.807) is 23.2 Å². The van der Waals surface area contributed by atoms with E-state index in [0.29, 0.717) is 24.5 Å². The number of carbonyl (C=O) groups excluding carboxylic acids is 1. The van der Waals surface area contributed by atoms with Gasteiger partial charge in [0.15, 0.2) is 0 Å². The molecule has 8 heteroatoms. The molecule has 2 rings (SSSR count). The molecule has 0 heterocycles. The highest BCUT2D eigenvalue weighted by Gasteiger charge is 2.24. The third-order valence-corrected chi connectivity index (χ3v) is 4.98. The Morgan fingerprint density at radius 2 is 1.52 bits per heavy atom. The fourth-order valence-corrected chi connectivity index (χ4v) is 3.48. The van der Waals surface area contributed by atoms with Crippen molar-refractivity contribution in [3.8, 4) is 17.2 Å². The van der Waals surface area contributed by atoms with Crippen LogP contribution in [0.5, 0.6) is 17.2 Å². The summed E-state index contributed by atoms with van der Waals surface area (Å²) in [5.41, 5.74) is 1.22. The largest absolute Gasteiger partial charge is 0.507 e. The molecule has 0 aromatic heterocycles. The first-order valence-corrected chi connectivity index (χ1v) is 11.1. The number of halogens is 1. The van der Waals surface area contributed by atoms with Crippen LogP contribution in [-0.4, -0.2) is 47.4 Å². The Balaban J connectivity index is 0.00000544. The number of unbranched alkanes of at least 4 members (excludes halogenated alkanes) is 2. The number of nitrogens with zero attached hydrogens (tertiary/aromatic N) is 2. The van der Waals surface area contributed by atoms with Gasteiger partial charge in [-0.05, 0) is 88.9 Å². The van der Waals surface area contributed by atoms with Gasteiger partial charge in [-0.25, -0.2) is 0 Å². The van der Waals surface area contributed by atoms with E-state index in [2.05, 4.69) is 5.10 Å². The number of hydrazone groups is 1. The molecule has 0 radical (unpaired) electrons. The van der Waals surface area contributed by atoms with Gasteiger partial charge in [-0.3, -0.25) is 4.79 Å². The van der Waals surface area contributed by atoms with Crippen LogP contribution in [0.2, 0.25) is 0 Å². The quantitative estimate of drug-likeness (QED) is 0.194. The molecule has 0 atom stereocenters. The van der Waals surface area contributed by atoms with E-state index in [4.69, 9.17) is 15.3 Å². The summed E-state index contributed by atoms with van der Waals surface area (Å²) in [7, 11) is 0. The summed E-state index contributed by atoms with van der Waals surface area (Å²) in [6, 6.07) is 12.5. The number of hydrogen-bond donors (Lipinski definition) is 2.